The summed E-state index contributed by atoms with van der Waals surface area (Å²) in [4.78, 5) is 18.0. The van der Waals surface area contributed by atoms with Crippen LogP contribution in [-0.2, 0) is 12.5 Å². The van der Waals surface area contributed by atoms with Gasteiger partial charge in [-0.25, -0.2) is 4.98 Å². The number of ether oxygens (including phenoxy) is 1. The highest BCUT2D eigenvalue weighted by atomic mass is 16.5. The molecule has 2 heterocycles. The SMILES string of the molecule is COc1c(N)cc(C(C)(C)C)cc1NC(=O)c1ccc(C)c(N2C=C(c3cnc(C4CC4)n3C)NN2)c1. The molecule has 2 aromatic carbocycles. The minimum absolute atomic E-state index is 0.136. The van der Waals surface area contributed by atoms with E-state index < -0.39 is 0 Å². The fourth-order valence-corrected chi connectivity index (χ4v) is 4.58. The molecule has 5 rings (SSSR count). The third-order valence-corrected chi connectivity index (χ3v) is 6.98. The van der Waals surface area contributed by atoms with E-state index in [9.17, 15) is 4.79 Å². The molecule has 1 saturated carbocycles. The maximum atomic E-state index is 13.3. The van der Waals surface area contributed by atoms with E-state index in [0.29, 0.717) is 28.6 Å². The van der Waals surface area contributed by atoms with Gasteiger partial charge < -0.3 is 20.4 Å². The Bertz CT molecular complexity index is 1400. The number of imidazole rings is 1. The zero-order valence-electron chi connectivity index (χ0n) is 22.3. The number of aryl methyl sites for hydroxylation is 1. The van der Waals surface area contributed by atoms with Gasteiger partial charge in [0.15, 0.2) is 5.75 Å². The predicted octanol–water partition coefficient (Wildman–Crippen LogP) is 4.57. The lowest BCUT2D eigenvalue weighted by Crippen LogP contribution is -2.36. The van der Waals surface area contributed by atoms with E-state index >= 15 is 0 Å². The van der Waals surface area contributed by atoms with Gasteiger partial charge in [0.05, 0.1) is 48.0 Å². The molecule has 1 fully saturated rings. The van der Waals surface area contributed by atoms with E-state index in [1.807, 2.05) is 61.7 Å². The summed E-state index contributed by atoms with van der Waals surface area (Å²) < 4.78 is 7.65. The summed E-state index contributed by atoms with van der Waals surface area (Å²) in [5.41, 5.74) is 18.9. The number of hydrogen-bond donors (Lipinski definition) is 4. The third-order valence-electron chi connectivity index (χ3n) is 6.98. The van der Waals surface area contributed by atoms with Gasteiger partial charge >= 0.3 is 0 Å². The average molecular weight is 502 g/mol. The van der Waals surface area contributed by atoms with E-state index in [0.717, 1.165) is 34.0 Å². The number of benzene rings is 2. The molecule has 0 spiro atoms. The van der Waals surface area contributed by atoms with E-state index in [-0.39, 0.29) is 11.3 Å². The van der Waals surface area contributed by atoms with Gasteiger partial charge in [0.1, 0.15) is 5.82 Å². The molecule has 1 aromatic heterocycles. The Balaban J connectivity index is 1.41. The maximum Gasteiger partial charge on any atom is 0.255 e. The van der Waals surface area contributed by atoms with Gasteiger partial charge in [-0.2, -0.15) is 0 Å². The van der Waals surface area contributed by atoms with E-state index in [4.69, 9.17) is 10.5 Å². The van der Waals surface area contributed by atoms with Gasteiger partial charge in [-0.15, -0.1) is 5.53 Å². The van der Waals surface area contributed by atoms with E-state index in [2.05, 4.69) is 46.6 Å². The largest absolute Gasteiger partial charge is 0.492 e. The zero-order valence-corrected chi connectivity index (χ0v) is 22.3. The lowest BCUT2D eigenvalue weighted by atomic mass is 9.86. The summed E-state index contributed by atoms with van der Waals surface area (Å²) in [5.74, 6) is 1.90. The predicted molar refractivity (Wildman–Crippen MR) is 147 cm³/mol. The summed E-state index contributed by atoms with van der Waals surface area (Å²) in [7, 11) is 3.60. The maximum absolute atomic E-state index is 13.3. The topological polar surface area (TPSA) is 109 Å². The Kier molecular flexibility index (Phi) is 6.11. The van der Waals surface area contributed by atoms with Crippen LogP contribution in [0.3, 0.4) is 0 Å². The first-order valence-corrected chi connectivity index (χ1v) is 12.5. The highest BCUT2D eigenvalue weighted by Gasteiger charge is 2.29. The number of methoxy groups -OCH3 is 1. The van der Waals surface area contributed by atoms with Crippen LogP contribution in [0.1, 0.15) is 72.5 Å². The van der Waals surface area contributed by atoms with Crippen molar-refractivity contribution in [3.63, 3.8) is 0 Å². The van der Waals surface area contributed by atoms with Crippen LogP contribution in [0.4, 0.5) is 17.1 Å². The summed E-state index contributed by atoms with van der Waals surface area (Å²) in [5, 5.41) is 4.88. The fraction of sp³-hybridized carbons (Fsp3) is 0.357. The number of anilines is 3. The van der Waals surface area contributed by atoms with E-state index in [1.54, 1.807) is 7.11 Å². The smallest absolute Gasteiger partial charge is 0.255 e. The molecular formula is C28H35N7O2. The monoisotopic (exact) mass is 501 g/mol. The molecule has 1 aliphatic carbocycles. The molecule has 5 N–H and O–H groups in total. The van der Waals surface area contributed by atoms with Crippen molar-refractivity contribution in [2.24, 2.45) is 7.05 Å². The van der Waals surface area contributed by atoms with Crippen molar-refractivity contribution >= 4 is 28.7 Å². The highest BCUT2D eigenvalue weighted by Crippen LogP contribution is 2.40. The second-order valence-corrected chi connectivity index (χ2v) is 10.8. The molecule has 0 bridgehead atoms. The Labute approximate surface area is 217 Å². The van der Waals surface area contributed by atoms with Crippen LogP contribution >= 0.6 is 0 Å². The number of hydrazine groups is 2. The Hall–Kier alpha value is -3.98. The summed E-state index contributed by atoms with van der Waals surface area (Å²) in [6, 6.07) is 9.43. The number of amides is 1. The fourth-order valence-electron chi connectivity index (χ4n) is 4.58. The molecule has 1 amide bonds. The second kappa shape index (κ2) is 9.15. The minimum atomic E-state index is -0.248. The number of nitrogens with zero attached hydrogens (tertiary/aromatic N) is 3. The van der Waals surface area contributed by atoms with E-state index in [1.165, 1.54) is 12.8 Å². The van der Waals surface area contributed by atoms with Crippen molar-refractivity contribution in [3.8, 4) is 5.75 Å². The van der Waals surface area contributed by atoms with Crippen LogP contribution < -0.4 is 31.8 Å². The number of nitrogens with two attached hydrogens (primary N) is 1. The minimum Gasteiger partial charge on any atom is -0.492 e. The number of carbonyl (C=O) groups is 1. The molecule has 194 valence electrons. The molecule has 0 unspecified atom stereocenters. The molecule has 0 saturated heterocycles. The number of rotatable bonds is 6. The van der Waals surface area contributed by atoms with Gasteiger partial charge in [-0.05, 0) is 60.6 Å². The summed E-state index contributed by atoms with van der Waals surface area (Å²) in [6.07, 6.45) is 6.29. The Morgan fingerprint density at radius 3 is 2.65 bits per heavy atom. The standard InChI is InChI=1S/C28H35N7O2/c1-16-7-8-18(27(36)31-21-13-19(28(2,3)4)12-20(29)25(21)37-6)11-23(16)35-15-22(32-33-35)24-14-30-26(34(24)5)17-9-10-17/h7-8,11-15,17,32-33H,9-10,29H2,1-6H3,(H,31,36). The van der Waals surface area contributed by atoms with Crippen LogP contribution in [0.2, 0.25) is 0 Å². The van der Waals surface area contributed by atoms with Crippen molar-refractivity contribution in [2.45, 2.75) is 51.9 Å². The lowest BCUT2D eigenvalue weighted by Gasteiger charge is -2.23. The number of hydrogen-bond acceptors (Lipinski definition) is 7. The zero-order chi connectivity index (χ0) is 26.5. The molecule has 0 radical (unpaired) electrons. The van der Waals surface area contributed by atoms with Crippen LogP contribution in [0.15, 0.2) is 42.7 Å². The van der Waals surface area contributed by atoms with Crippen molar-refractivity contribution in [1.29, 1.82) is 0 Å². The van der Waals surface area contributed by atoms with Crippen molar-refractivity contribution in [3.05, 3.63) is 70.9 Å². The molecule has 2 aliphatic rings. The molecule has 3 aromatic rings. The first-order chi connectivity index (χ1) is 17.6. The molecular weight excluding hydrogens is 466 g/mol. The number of nitrogen functional groups attached to an aromatic ring is 1. The Morgan fingerprint density at radius 1 is 1.22 bits per heavy atom. The van der Waals surface area contributed by atoms with Crippen LogP contribution in [0.25, 0.3) is 5.70 Å². The van der Waals surface area contributed by atoms with Gasteiger partial charge in [0.25, 0.3) is 5.91 Å². The Morgan fingerprint density at radius 2 is 1.97 bits per heavy atom. The lowest BCUT2D eigenvalue weighted by molar-refractivity contribution is 0.102. The van der Waals surface area contributed by atoms with Gasteiger partial charge in [0, 0.05) is 18.5 Å². The van der Waals surface area contributed by atoms with Gasteiger partial charge in [0.2, 0.25) is 0 Å². The van der Waals surface area contributed by atoms with Gasteiger partial charge in [-0.1, -0.05) is 26.8 Å². The van der Waals surface area contributed by atoms with Crippen molar-refractivity contribution in [2.75, 3.05) is 23.2 Å². The molecule has 37 heavy (non-hydrogen) atoms. The molecule has 1 aliphatic heterocycles. The highest BCUT2D eigenvalue weighted by molar-refractivity contribution is 6.06. The van der Waals surface area contributed by atoms with Crippen LogP contribution in [0, 0.1) is 6.92 Å². The quantitative estimate of drug-likeness (QED) is 0.366. The van der Waals surface area contributed by atoms with Crippen molar-refractivity contribution in [1.82, 2.24) is 20.5 Å². The molecule has 9 nitrogen and oxygen atoms in total. The number of aromatic nitrogens is 2. The third kappa shape index (κ3) is 4.74. The van der Waals surface area contributed by atoms with Gasteiger partial charge in [-0.3, -0.25) is 15.2 Å². The number of carbonyl (C=O) groups excluding carboxylic acids is 1. The van der Waals surface area contributed by atoms with Crippen molar-refractivity contribution < 1.29 is 9.53 Å². The van der Waals surface area contributed by atoms with Crippen LogP contribution in [0.5, 0.6) is 5.75 Å². The summed E-state index contributed by atoms with van der Waals surface area (Å²) >= 11 is 0. The average Bonchev–Trinajstić information content (AvgIpc) is 3.44. The molecule has 0 atom stereocenters. The molecule has 9 heteroatoms. The first kappa shape index (κ1) is 24.7. The van der Waals surface area contributed by atoms with Crippen LogP contribution in [-0.4, -0.2) is 22.6 Å². The second-order valence-electron chi connectivity index (χ2n) is 10.8. The number of nitrogens with one attached hydrogen (secondary N) is 3. The summed E-state index contributed by atoms with van der Waals surface area (Å²) in [6.45, 7) is 8.31. The normalized spacial score (nSPS) is 15.4. The first-order valence-electron chi connectivity index (χ1n) is 12.5.